The van der Waals surface area contributed by atoms with E-state index >= 15 is 0 Å². The third-order valence-electron chi connectivity index (χ3n) is 13.4. The Bertz CT molecular complexity index is 3470. The van der Waals surface area contributed by atoms with Crippen molar-refractivity contribution in [3.8, 4) is 27.9 Å². The van der Waals surface area contributed by atoms with Crippen LogP contribution in [0.5, 0.6) is 0 Å². The van der Waals surface area contributed by atoms with E-state index in [-0.39, 0.29) is 12.8 Å². The van der Waals surface area contributed by atoms with Gasteiger partial charge in [-0.3, -0.25) is 0 Å². The molecule has 0 saturated carbocycles. The molecule has 0 atom stereocenters. The van der Waals surface area contributed by atoms with Crippen LogP contribution in [0.2, 0.25) is 0 Å². The van der Waals surface area contributed by atoms with Crippen LogP contribution >= 0.6 is 0 Å². The van der Waals surface area contributed by atoms with Crippen molar-refractivity contribution >= 4 is 60.8 Å². The van der Waals surface area contributed by atoms with Gasteiger partial charge in [-0.1, -0.05) is 141 Å². The SMILES string of the molecule is C.c1ccc(-n2c3ccccc3c3ccc(N(c4ccc(-c5ccc6c(c5)C5(Cc7ccccc7C5)c5ccccc5-6)cc4)c4ccc5c(c4)oc4ccccc45)cc32)cc1. The fourth-order valence-corrected chi connectivity index (χ4v) is 10.7. The molecule has 2 aliphatic rings. The van der Waals surface area contributed by atoms with Crippen LogP contribution in [-0.2, 0) is 18.3 Å². The van der Waals surface area contributed by atoms with E-state index in [1.54, 1.807) is 0 Å². The van der Waals surface area contributed by atoms with Crippen LogP contribution in [0.3, 0.4) is 0 Å². The van der Waals surface area contributed by atoms with Crippen LogP contribution < -0.4 is 4.90 Å². The minimum Gasteiger partial charge on any atom is -0.456 e. The molecule has 0 saturated heterocycles. The smallest absolute Gasteiger partial charge is 0.137 e. The minimum atomic E-state index is -0.0431. The van der Waals surface area contributed by atoms with Gasteiger partial charge in [0.05, 0.1) is 11.0 Å². The molecular formula is C58H42N2O. The number of fused-ring (bicyclic) bond motifs is 12. The lowest BCUT2D eigenvalue weighted by molar-refractivity contribution is 0.564. The molecule has 3 heteroatoms. The highest BCUT2D eigenvalue weighted by atomic mass is 16.3. The maximum absolute atomic E-state index is 6.47. The van der Waals surface area contributed by atoms with Crippen LogP contribution in [-0.4, -0.2) is 4.57 Å². The second-order valence-electron chi connectivity index (χ2n) is 16.6. The van der Waals surface area contributed by atoms with Gasteiger partial charge in [-0.2, -0.15) is 0 Å². The monoisotopic (exact) mass is 782 g/mol. The molecule has 61 heavy (non-hydrogen) atoms. The Morgan fingerprint density at radius 3 is 1.82 bits per heavy atom. The normalized spacial score (nSPS) is 13.4. The first kappa shape index (κ1) is 35.3. The molecule has 9 aromatic carbocycles. The molecule has 0 amide bonds. The van der Waals surface area contributed by atoms with Crippen molar-refractivity contribution < 1.29 is 4.42 Å². The molecule has 2 aliphatic carbocycles. The van der Waals surface area contributed by atoms with E-state index in [1.807, 2.05) is 12.1 Å². The van der Waals surface area contributed by atoms with Gasteiger partial charge in [0.2, 0.25) is 0 Å². The van der Waals surface area contributed by atoms with Crippen LogP contribution in [0.4, 0.5) is 17.1 Å². The van der Waals surface area contributed by atoms with Crippen molar-refractivity contribution in [3.63, 3.8) is 0 Å². The zero-order valence-corrected chi connectivity index (χ0v) is 32.8. The van der Waals surface area contributed by atoms with Crippen molar-refractivity contribution in [1.29, 1.82) is 0 Å². The standard InChI is InChI=1S/C57H38N2O.CH4/c1-2-14-41(15-3-1)59-53-20-10-7-17-47(53)48-30-27-43(33-54(48)59)58(44-28-31-50-49-18-8-11-21-55(49)60-56(50)34-44)42-25-22-37(23-26-42)38-24-29-46-45-16-6-9-19-51(45)57(52(46)32-38)35-39-12-4-5-13-40(39)36-57;/h1-34H,35-36H2;1H4. The molecule has 2 aromatic heterocycles. The molecule has 0 radical (unpaired) electrons. The molecule has 3 nitrogen and oxygen atoms in total. The molecule has 1 spiro atoms. The highest BCUT2D eigenvalue weighted by Crippen LogP contribution is 2.56. The molecule has 13 rings (SSSR count). The number of benzene rings is 9. The van der Waals surface area contributed by atoms with E-state index < -0.39 is 0 Å². The van der Waals surface area contributed by atoms with Gasteiger partial charge >= 0.3 is 0 Å². The fraction of sp³-hybridized carbons (Fsp3) is 0.0690. The summed E-state index contributed by atoms with van der Waals surface area (Å²) in [6, 6.07) is 75.6. The van der Waals surface area contributed by atoms with E-state index in [0.29, 0.717) is 0 Å². The number of rotatable bonds is 5. The number of nitrogens with zero attached hydrogens (tertiary/aromatic N) is 2. The zero-order chi connectivity index (χ0) is 39.4. The Kier molecular flexibility index (Phi) is 7.79. The largest absolute Gasteiger partial charge is 0.456 e. The molecular weight excluding hydrogens is 741 g/mol. The molecule has 0 N–H and O–H groups in total. The maximum atomic E-state index is 6.47. The van der Waals surface area contributed by atoms with Crippen molar-refractivity contribution in [2.75, 3.05) is 4.90 Å². The Hall–Kier alpha value is -7.62. The second kappa shape index (κ2) is 13.5. The number of furan rings is 1. The van der Waals surface area contributed by atoms with Crippen LogP contribution in [0.25, 0.3) is 71.7 Å². The lowest BCUT2D eigenvalue weighted by Crippen LogP contribution is -2.25. The van der Waals surface area contributed by atoms with Gasteiger partial charge in [-0.15, -0.1) is 0 Å². The van der Waals surface area contributed by atoms with Gasteiger partial charge in [-0.05, 0) is 124 Å². The summed E-state index contributed by atoms with van der Waals surface area (Å²) in [4.78, 5) is 2.37. The molecule has 0 aliphatic heterocycles. The Morgan fingerprint density at radius 2 is 1.00 bits per heavy atom. The van der Waals surface area contributed by atoms with Crippen molar-refractivity contribution in [3.05, 3.63) is 229 Å². The zero-order valence-electron chi connectivity index (χ0n) is 32.8. The second-order valence-corrected chi connectivity index (χ2v) is 16.6. The topological polar surface area (TPSA) is 21.3 Å². The first-order chi connectivity index (χ1) is 29.7. The summed E-state index contributed by atoms with van der Waals surface area (Å²) >= 11 is 0. The average Bonchev–Trinajstić information content (AvgIpc) is 4.05. The van der Waals surface area contributed by atoms with Crippen LogP contribution in [0.1, 0.15) is 29.7 Å². The summed E-state index contributed by atoms with van der Waals surface area (Å²) in [5.41, 5.74) is 19.4. The predicted octanol–water partition coefficient (Wildman–Crippen LogP) is 15.5. The summed E-state index contributed by atoms with van der Waals surface area (Å²) in [6.07, 6.45) is 2.07. The van der Waals surface area contributed by atoms with Crippen LogP contribution in [0, 0.1) is 0 Å². The predicted molar refractivity (Wildman–Crippen MR) is 255 cm³/mol. The number of aromatic nitrogens is 1. The van der Waals surface area contributed by atoms with Crippen molar-refractivity contribution in [1.82, 2.24) is 4.57 Å². The highest BCUT2D eigenvalue weighted by Gasteiger charge is 2.47. The van der Waals surface area contributed by atoms with E-state index in [4.69, 9.17) is 4.42 Å². The Labute approximate surface area is 355 Å². The van der Waals surface area contributed by atoms with Gasteiger partial charge in [0, 0.05) is 55.8 Å². The van der Waals surface area contributed by atoms with E-state index in [0.717, 1.165) is 63.0 Å². The summed E-state index contributed by atoms with van der Waals surface area (Å²) in [5.74, 6) is 0. The molecule has 0 unspecified atom stereocenters. The number of hydrogen-bond acceptors (Lipinski definition) is 2. The molecule has 2 heterocycles. The number of para-hydroxylation sites is 3. The minimum absolute atomic E-state index is 0. The van der Waals surface area contributed by atoms with Gasteiger partial charge in [0.25, 0.3) is 0 Å². The summed E-state index contributed by atoms with van der Waals surface area (Å²) in [6.45, 7) is 0. The Balaban J connectivity index is 0.00000399. The summed E-state index contributed by atoms with van der Waals surface area (Å²) in [7, 11) is 0. The highest BCUT2D eigenvalue weighted by molar-refractivity contribution is 6.11. The molecule has 0 fully saturated rings. The molecule has 290 valence electrons. The average molecular weight is 783 g/mol. The van der Waals surface area contributed by atoms with E-state index in [1.165, 1.54) is 60.8 Å². The van der Waals surface area contributed by atoms with Crippen molar-refractivity contribution in [2.45, 2.75) is 25.7 Å². The quantitative estimate of drug-likeness (QED) is 0.173. The lowest BCUT2D eigenvalue weighted by Gasteiger charge is -2.27. The molecule has 0 bridgehead atoms. The number of anilines is 3. The fourth-order valence-electron chi connectivity index (χ4n) is 10.7. The molecule has 11 aromatic rings. The van der Waals surface area contributed by atoms with Crippen molar-refractivity contribution in [2.24, 2.45) is 0 Å². The Morgan fingerprint density at radius 1 is 0.410 bits per heavy atom. The summed E-state index contributed by atoms with van der Waals surface area (Å²) in [5, 5.41) is 4.71. The first-order valence-corrected chi connectivity index (χ1v) is 20.9. The van der Waals surface area contributed by atoms with E-state index in [2.05, 4.69) is 204 Å². The summed E-state index contributed by atoms with van der Waals surface area (Å²) < 4.78 is 8.86. The third-order valence-corrected chi connectivity index (χ3v) is 13.4. The first-order valence-electron chi connectivity index (χ1n) is 20.9. The van der Waals surface area contributed by atoms with Gasteiger partial charge in [0.1, 0.15) is 11.2 Å². The lowest BCUT2D eigenvalue weighted by atomic mass is 9.75. The van der Waals surface area contributed by atoms with Gasteiger partial charge in [-0.25, -0.2) is 0 Å². The van der Waals surface area contributed by atoms with Gasteiger partial charge in [0.15, 0.2) is 0 Å². The van der Waals surface area contributed by atoms with E-state index in [9.17, 15) is 0 Å². The maximum Gasteiger partial charge on any atom is 0.137 e. The van der Waals surface area contributed by atoms with Crippen LogP contribution in [0.15, 0.2) is 211 Å². The third kappa shape index (κ3) is 5.23. The van der Waals surface area contributed by atoms with Gasteiger partial charge < -0.3 is 13.9 Å². The number of hydrogen-bond donors (Lipinski definition) is 0.